The number of thioether (sulfide) groups is 1. The molecule has 1 saturated heterocycles. The van der Waals surface area contributed by atoms with Crippen LogP contribution in [-0.4, -0.2) is 40.6 Å². The minimum Gasteiger partial charge on any atom is -0.376 e. The van der Waals surface area contributed by atoms with Crippen LogP contribution < -0.4 is 10.6 Å². The smallest absolute Gasteiger partial charge is 0.237 e. The van der Waals surface area contributed by atoms with Gasteiger partial charge in [0.05, 0.1) is 17.0 Å². The molecule has 3 rings (SSSR count). The van der Waals surface area contributed by atoms with Gasteiger partial charge in [0.15, 0.2) is 21.8 Å². The fourth-order valence-corrected chi connectivity index (χ4v) is 4.30. The molecule has 2 aromatic rings. The summed E-state index contributed by atoms with van der Waals surface area (Å²) >= 11 is 2.42. The number of anilines is 2. The van der Waals surface area contributed by atoms with Crippen LogP contribution in [0.1, 0.15) is 19.8 Å². The number of carbonyl (C=O) groups is 1. The van der Waals surface area contributed by atoms with Gasteiger partial charge in [-0.05, 0) is 31.9 Å². The zero-order chi connectivity index (χ0) is 19.4. The third kappa shape index (κ3) is 5.11. The molecule has 27 heavy (non-hydrogen) atoms. The van der Waals surface area contributed by atoms with Crippen molar-refractivity contribution in [3.05, 3.63) is 29.6 Å². The highest BCUT2D eigenvalue weighted by Crippen LogP contribution is 2.30. The minimum absolute atomic E-state index is 0.167. The summed E-state index contributed by atoms with van der Waals surface area (Å²) in [6.45, 7) is 3.01. The zero-order valence-corrected chi connectivity index (χ0v) is 15.9. The Hall–Kier alpha value is -1.85. The Morgan fingerprint density at radius 1 is 1.37 bits per heavy atom. The predicted octanol–water partition coefficient (Wildman–Crippen LogP) is 3.67. The summed E-state index contributed by atoms with van der Waals surface area (Å²) in [6, 6.07) is 1.73. The van der Waals surface area contributed by atoms with Crippen LogP contribution in [0.3, 0.4) is 0 Å². The van der Waals surface area contributed by atoms with E-state index in [1.165, 1.54) is 11.3 Å². The van der Waals surface area contributed by atoms with E-state index in [0.717, 1.165) is 43.3 Å². The Bertz CT molecular complexity index is 815. The molecule has 0 unspecified atom stereocenters. The average Bonchev–Trinajstić information content (AvgIpc) is 3.32. The van der Waals surface area contributed by atoms with E-state index >= 15 is 0 Å². The summed E-state index contributed by atoms with van der Waals surface area (Å²) < 4.78 is 45.9. The zero-order valence-electron chi connectivity index (χ0n) is 14.3. The van der Waals surface area contributed by atoms with Crippen LogP contribution in [-0.2, 0) is 9.53 Å². The quantitative estimate of drug-likeness (QED) is 0.528. The first-order chi connectivity index (χ1) is 12.9. The predicted molar refractivity (Wildman–Crippen MR) is 97.6 cm³/mol. The van der Waals surface area contributed by atoms with E-state index in [2.05, 4.69) is 20.8 Å². The van der Waals surface area contributed by atoms with Gasteiger partial charge in [0, 0.05) is 13.2 Å². The molecule has 1 aromatic heterocycles. The molecule has 0 radical (unpaired) electrons. The van der Waals surface area contributed by atoms with Gasteiger partial charge in [-0.25, -0.2) is 13.2 Å². The van der Waals surface area contributed by atoms with Crippen LogP contribution in [0.4, 0.5) is 24.0 Å². The topological polar surface area (TPSA) is 76.1 Å². The highest BCUT2D eigenvalue weighted by molar-refractivity contribution is 8.02. The Kier molecular flexibility index (Phi) is 6.55. The number of nitrogens with zero attached hydrogens (tertiary/aromatic N) is 2. The Labute approximate surface area is 161 Å². The summed E-state index contributed by atoms with van der Waals surface area (Å²) in [5.74, 6) is -4.94. The van der Waals surface area contributed by atoms with Crippen LogP contribution in [0.15, 0.2) is 16.5 Å². The first-order valence-electron chi connectivity index (χ1n) is 8.24. The second-order valence-corrected chi connectivity index (χ2v) is 8.43. The summed E-state index contributed by atoms with van der Waals surface area (Å²) in [5, 5.41) is 13.4. The third-order valence-corrected chi connectivity index (χ3v) is 5.92. The van der Waals surface area contributed by atoms with Crippen LogP contribution in [0.2, 0.25) is 0 Å². The number of halogens is 3. The van der Waals surface area contributed by atoms with E-state index in [1.807, 2.05) is 0 Å². The van der Waals surface area contributed by atoms with Crippen molar-refractivity contribution in [3.8, 4) is 0 Å². The number of amides is 1. The van der Waals surface area contributed by atoms with Gasteiger partial charge in [-0.2, -0.15) is 0 Å². The van der Waals surface area contributed by atoms with Gasteiger partial charge in [-0.1, -0.05) is 23.1 Å². The number of carbonyl (C=O) groups excluding carboxylic acids is 1. The van der Waals surface area contributed by atoms with Crippen molar-refractivity contribution in [3.63, 3.8) is 0 Å². The summed E-state index contributed by atoms with van der Waals surface area (Å²) in [4.78, 5) is 12.2. The van der Waals surface area contributed by atoms with E-state index in [4.69, 9.17) is 4.74 Å². The summed E-state index contributed by atoms with van der Waals surface area (Å²) in [7, 11) is 0. The van der Waals surface area contributed by atoms with Crippen molar-refractivity contribution < 1.29 is 22.7 Å². The lowest BCUT2D eigenvalue weighted by Gasteiger charge is -2.11. The number of aromatic nitrogens is 2. The molecular weight excluding hydrogens is 401 g/mol. The lowest BCUT2D eigenvalue weighted by Crippen LogP contribution is -2.23. The normalized spacial score (nSPS) is 17.7. The number of rotatable bonds is 7. The lowest BCUT2D eigenvalue weighted by atomic mass is 10.2. The van der Waals surface area contributed by atoms with Gasteiger partial charge >= 0.3 is 0 Å². The molecule has 1 fully saturated rings. The van der Waals surface area contributed by atoms with E-state index in [9.17, 15) is 18.0 Å². The molecule has 146 valence electrons. The minimum atomic E-state index is -1.63. The van der Waals surface area contributed by atoms with E-state index in [0.29, 0.717) is 16.0 Å². The third-order valence-electron chi connectivity index (χ3n) is 3.85. The maximum Gasteiger partial charge on any atom is 0.237 e. The largest absolute Gasteiger partial charge is 0.376 e. The van der Waals surface area contributed by atoms with Crippen LogP contribution in [0.25, 0.3) is 0 Å². The van der Waals surface area contributed by atoms with Gasteiger partial charge < -0.3 is 15.4 Å². The van der Waals surface area contributed by atoms with E-state index in [1.54, 1.807) is 6.92 Å². The molecule has 0 spiro atoms. The molecule has 2 N–H and O–H groups in total. The molecule has 0 aliphatic carbocycles. The first-order valence-corrected chi connectivity index (χ1v) is 9.93. The summed E-state index contributed by atoms with van der Waals surface area (Å²) in [5.41, 5.74) is -0.414. The van der Waals surface area contributed by atoms with E-state index < -0.39 is 34.3 Å². The molecule has 11 heteroatoms. The first kappa shape index (κ1) is 19.9. The molecule has 0 bridgehead atoms. The highest BCUT2D eigenvalue weighted by Gasteiger charge is 2.21. The van der Waals surface area contributed by atoms with Gasteiger partial charge in [0.2, 0.25) is 11.0 Å². The lowest BCUT2D eigenvalue weighted by molar-refractivity contribution is -0.115. The Morgan fingerprint density at radius 2 is 2.19 bits per heavy atom. The number of hydrogen-bond donors (Lipinski definition) is 2. The Balaban J connectivity index is 1.53. The molecule has 2 heterocycles. The van der Waals surface area contributed by atoms with Crippen molar-refractivity contribution in [1.82, 2.24) is 10.2 Å². The number of nitrogens with one attached hydrogen (secondary N) is 2. The standard InChI is InChI=1S/C16H17F3N4O2S2/c1-8(14(24)21-11-5-4-10(17)12(18)13(11)19)26-16-23-22-15(27-16)20-7-9-3-2-6-25-9/h4-5,8-9H,2-3,6-7H2,1H3,(H,20,22)(H,21,24)/t8-,9+/m1/s1. The average molecular weight is 418 g/mol. The highest BCUT2D eigenvalue weighted by atomic mass is 32.2. The molecule has 2 atom stereocenters. The van der Waals surface area contributed by atoms with Gasteiger partial charge in [-0.3, -0.25) is 4.79 Å². The second kappa shape index (κ2) is 8.89. The number of benzene rings is 1. The maximum absolute atomic E-state index is 13.7. The van der Waals surface area contributed by atoms with Crippen LogP contribution in [0, 0.1) is 17.5 Å². The van der Waals surface area contributed by atoms with Crippen LogP contribution >= 0.6 is 23.1 Å². The van der Waals surface area contributed by atoms with Crippen molar-refractivity contribution in [2.45, 2.75) is 35.5 Å². The van der Waals surface area contributed by atoms with Gasteiger partial charge in [-0.15, -0.1) is 10.2 Å². The van der Waals surface area contributed by atoms with Crippen molar-refractivity contribution in [2.75, 3.05) is 23.8 Å². The fraction of sp³-hybridized carbons (Fsp3) is 0.438. The number of ether oxygens (including phenoxy) is 1. The van der Waals surface area contributed by atoms with Crippen molar-refractivity contribution in [2.24, 2.45) is 0 Å². The number of hydrogen-bond acceptors (Lipinski definition) is 7. The maximum atomic E-state index is 13.7. The SMILES string of the molecule is C[C@@H](Sc1nnc(NC[C@@H]2CCCO2)s1)C(=O)Nc1ccc(F)c(F)c1F. The fourth-order valence-electron chi connectivity index (χ4n) is 2.40. The molecule has 1 aromatic carbocycles. The molecule has 1 aliphatic heterocycles. The van der Waals surface area contributed by atoms with Gasteiger partial charge in [0.25, 0.3) is 0 Å². The Morgan fingerprint density at radius 3 is 2.93 bits per heavy atom. The molecule has 1 amide bonds. The molecule has 0 saturated carbocycles. The molecule has 1 aliphatic rings. The molecular formula is C16H17F3N4O2S2. The summed E-state index contributed by atoms with van der Waals surface area (Å²) in [6.07, 6.45) is 2.22. The second-order valence-electron chi connectivity index (χ2n) is 5.86. The van der Waals surface area contributed by atoms with Crippen LogP contribution in [0.5, 0.6) is 0 Å². The van der Waals surface area contributed by atoms with E-state index in [-0.39, 0.29) is 6.10 Å². The van der Waals surface area contributed by atoms with Gasteiger partial charge in [0.1, 0.15) is 0 Å². The van der Waals surface area contributed by atoms with Crippen molar-refractivity contribution >= 4 is 39.8 Å². The van der Waals surface area contributed by atoms with Crippen molar-refractivity contribution in [1.29, 1.82) is 0 Å². The molecule has 6 nitrogen and oxygen atoms in total. The monoisotopic (exact) mass is 418 g/mol.